The summed E-state index contributed by atoms with van der Waals surface area (Å²) in [6, 6.07) is 0.458. The summed E-state index contributed by atoms with van der Waals surface area (Å²) in [5.74, 6) is 0. The van der Waals surface area contributed by atoms with Gasteiger partial charge in [-0.2, -0.15) is 9.40 Å². The molecule has 0 bridgehead atoms. The molecule has 0 amide bonds. The number of rotatable bonds is 5. The van der Waals surface area contributed by atoms with Crippen LogP contribution in [0.4, 0.5) is 0 Å². The Kier molecular flexibility index (Phi) is 4.79. The van der Waals surface area contributed by atoms with Gasteiger partial charge in [0.15, 0.2) is 5.03 Å². The van der Waals surface area contributed by atoms with E-state index in [9.17, 15) is 8.42 Å². The summed E-state index contributed by atoms with van der Waals surface area (Å²) in [6.45, 7) is 1.60. The maximum absolute atomic E-state index is 12.6. The minimum atomic E-state index is -3.46. The summed E-state index contributed by atoms with van der Waals surface area (Å²) in [6.07, 6.45) is 3.29. The molecule has 1 aromatic rings. The summed E-state index contributed by atoms with van der Waals surface area (Å²) in [4.78, 5) is 2.16. The van der Waals surface area contributed by atoms with Gasteiger partial charge in [0.1, 0.15) is 0 Å². The Morgan fingerprint density at radius 3 is 2.65 bits per heavy atom. The Balaban J connectivity index is 2.13. The molecule has 0 spiro atoms. The Bertz CT molecular complexity index is 532. The first kappa shape index (κ1) is 15.4. The fourth-order valence-corrected chi connectivity index (χ4v) is 4.14. The van der Waals surface area contributed by atoms with Crippen molar-refractivity contribution < 1.29 is 8.42 Å². The zero-order chi connectivity index (χ0) is 14.8. The number of sulfonamides is 1. The van der Waals surface area contributed by atoms with Gasteiger partial charge >= 0.3 is 0 Å². The minimum absolute atomic E-state index is 0.218. The topological polar surface area (TPSA) is 81.3 Å². The summed E-state index contributed by atoms with van der Waals surface area (Å²) in [5, 5.41) is 9.67. The fraction of sp³-hybridized carbons (Fsp3) is 0.750. The lowest BCUT2D eigenvalue weighted by Crippen LogP contribution is -2.44. The van der Waals surface area contributed by atoms with Crippen molar-refractivity contribution in [1.29, 1.82) is 0 Å². The molecular formula is C12H23N5O2S. The van der Waals surface area contributed by atoms with E-state index in [0.29, 0.717) is 31.2 Å². The van der Waals surface area contributed by atoms with E-state index in [-0.39, 0.29) is 5.03 Å². The molecule has 114 valence electrons. The van der Waals surface area contributed by atoms with Crippen molar-refractivity contribution in [2.45, 2.75) is 30.5 Å². The molecule has 20 heavy (non-hydrogen) atoms. The smallest absolute Gasteiger partial charge is 0.260 e. The maximum Gasteiger partial charge on any atom is 0.260 e. The number of H-pyrrole nitrogens is 1. The standard InChI is InChI=1S/C12H23N5O2S/c1-13-8-10-9-14-15-12(10)20(18,19)17-6-4-11(5-7-17)16(2)3/h9,11,13H,4-8H2,1-3H3,(H,14,15). The van der Waals surface area contributed by atoms with Crippen molar-refractivity contribution in [1.82, 2.24) is 24.7 Å². The Morgan fingerprint density at radius 2 is 2.10 bits per heavy atom. The van der Waals surface area contributed by atoms with Gasteiger partial charge in [-0.15, -0.1) is 0 Å². The number of nitrogens with zero attached hydrogens (tertiary/aromatic N) is 3. The summed E-state index contributed by atoms with van der Waals surface area (Å²) in [7, 11) is 2.39. The summed E-state index contributed by atoms with van der Waals surface area (Å²) in [5.41, 5.74) is 0.683. The molecule has 0 saturated carbocycles. The number of piperidine rings is 1. The quantitative estimate of drug-likeness (QED) is 0.790. The predicted octanol–water partition coefficient (Wildman–Crippen LogP) is -0.156. The Morgan fingerprint density at radius 1 is 1.45 bits per heavy atom. The van der Waals surface area contributed by atoms with Crippen molar-refractivity contribution >= 4 is 10.0 Å². The van der Waals surface area contributed by atoms with Crippen molar-refractivity contribution in [3.63, 3.8) is 0 Å². The molecule has 2 rings (SSSR count). The molecule has 0 aliphatic carbocycles. The highest BCUT2D eigenvalue weighted by molar-refractivity contribution is 7.89. The molecule has 1 fully saturated rings. The second-order valence-corrected chi connectivity index (χ2v) is 7.23. The Hall–Kier alpha value is -0.960. The first-order chi connectivity index (χ1) is 9.46. The zero-order valence-corrected chi connectivity index (χ0v) is 13.1. The van der Waals surface area contributed by atoms with E-state index >= 15 is 0 Å². The molecule has 7 nitrogen and oxygen atoms in total. The third kappa shape index (κ3) is 3.03. The van der Waals surface area contributed by atoms with Crippen LogP contribution >= 0.6 is 0 Å². The van der Waals surface area contributed by atoms with Crippen molar-refractivity contribution in [2.75, 3.05) is 34.2 Å². The SMILES string of the molecule is CNCc1cn[nH]c1S(=O)(=O)N1CCC(N(C)C)CC1. The van der Waals surface area contributed by atoms with Crippen molar-refractivity contribution in [3.05, 3.63) is 11.8 Å². The van der Waals surface area contributed by atoms with Crippen LogP contribution in [0, 0.1) is 0 Å². The van der Waals surface area contributed by atoms with Gasteiger partial charge in [0.05, 0.1) is 6.20 Å². The highest BCUT2D eigenvalue weighted by Crippen LogP contribution is 2.23. The average Bonchev–Trinajstić information content (AvgIpc) is 2.88. The van der Waals surface area contributed by atoms with Gasteiger partial charge < -0.3 is 10.2 Å². The molecule has 1 aliphatic rings. The normalized spacial score (nSPS) is 18.8. The number of hydrogen-bond donors (Lipinski definition) is 2. The molecule has 2 N–H and O–H groups in total. The maximum atomic E-state index is 12.6. The zero-order valence-electron chi connectivity index (χ0n) is 12.3. The minimum Gasteiger partial charge on any atom is -0.316 e. The predicted molar refractivity (Wildman–Crippen MR) is 76.8 cm³/mol. The van der Waals surface area contributed by atoms with Gasteiger partial charge in [0.25, 0.3) is 10.0 Å². The monoisotopic (exact) mass is 301 g/mol. The molecule has 0 radical (unpaired) electrons. The van der Waals surface area contributed by atoms with Gasteiger partial charge in [-0.1, -0.05) is 0 Å². The molecule has 1 aliphatic heterocycles. The highest BCUT2D eigenvalue weighted by atomic mass is 32.2. The molecular weight excluding hydrogens is 278 g/mol. The van der Waals surface area contributed by atoms with E-state index in [0.717, 1.165) is 12.8 Å². The van der Waals surface area contributed by atoms with Crippen LogP contribution in [0.15, 0.2) is 11.2 Å². The molecule has 8 heteroatoms. The molecule has 0 aromatic carbocycles. The fourth-order valence-electron chi connectivity index (χ4n) is 2.57. The van der Waals surface area contributed by atoms with Crippen LogP contribution in [-0.2, 0) is 16.6 Å². The van der Waals surface area contributed by atoms with Gasteiger partial charge in [0.2, 0.25) is 0 Å². The van der Waals surface area contributed by atoms with E-state index in [1.165, 1.54) is 0 Å². The molecule has 2 heterocycles. The lowest BCUT2D eigenvalue weighted by atomic mass is 10.1. The number of aromatic amines is 1. The van der Waals surface area contributed by atoms with Crippen LogP contribution in [0.2, 0.25) is 0 Å². The van der Waals surface area contributed by atoms with Crippen LogP contribution in [0.1, 0.15) is 18.4 Å². The van der Waals surface area contributed by atoms with Gasteiger partial charge in [-0.25, -0.2) is 8.42 Å². The Labute approximate surface area is 120 Å². The van der Waals surface area contributed by atoms with E-state index in [2.05, 4.69) is 20.4 Å². The first-order valence-electron chi connectivity index (χ1n) is 6.80. The van der Waals surface area contributed by atoms with Crippen molar-refractivity contribution in [3.8, 4) is 0 Å². The largest absolute Gasteiger partial charge is 0.316 e. The van der Waals surface area contributed by atoms with Gasteiger partial charge in [-0.3, -0.25) is 5.10 Å². The summed E-state index contributed by atoms with van der Waals surface area (Å²) >= 11 is 0. The first-order valence-corrected chi connectivity index (χ1v) is 8.24. The average molecular weight is 301 g/mol. The second kappa shape index (κ2) is 6.21. The van der Waals surface area contributed by atoms with E-state index in [4.69, 9.17) is 0 Å². The van der Waals surface area contributed by atoms with E-state index < -0.39 is 10.0 Å². The molecule has 0 unspecified atom stereocenters. The van der Waals surface area contributed by atoms with Gasteiger partial charge in [-0.05, 0) is 34.0 Å². The summed E-state index contributed by atoms with van der Waals surface area (Å²) < 4.78 is 26.8. The molecule has 0 atom stereocenters. The lowest BCUT2D eigenvalue weighted by Gasteiger charge is -2.34. The van der Waals surface area contributed by atoms with Crippen LogP contribution in [-0.4, -0.2) is 68.1 Å². The van der Waals surface area contributed by atoms with E-state index in [1.54, 1.807) is 17.5 Å². The van der Waals surface area contributed by atoms with Crippen LogP contribution in [0.25, 0.3) is 0 Å². The van der Waals surface area contributed by atoms with E-state index in [1.807, 2.05) is 14.1 Å². The molecule has 1 aromatic heterocycles. The van der Waals surface area contributed by atoms with Crippen LogP contribution < -0.4 is 5.32 Å². The number of hydrogen-bond acceptors (Lipinski definition) is 5. The van der Waals surface area contributed by atoms with Gasteiger partial charge in [0, 0.05) is 31.2 Å². The third-order valence-corrected chi connectivity index (χ3v) is 5.71. The lowest BCUT2D eigenvalue weighted by molar-refractivity contribution is 0.196. The second-order valence-electron chi connectivity index (χ2n) is 5.35. The molecule has 1 saturated heterocycles. The third-order valence-electron chi connectivity index (χ3n) is 3.80. The van der Waals surface area contributed by atoms with Crippen LogP contribution in [0.5, 0.6) is 0 Å². The van der Waals surface area contributed by atoms with Crippen LogP contribution in [0.3, 0.4) is 0 Å². The number of aromatic nitrogens is 2. The highest BCUT2D eigenvalue weighted by Gasteiger charge is 2.32. The van der Waals surface area contributed by atoms with Crippen molar-refractivity contribution in [2.24, 2.45) is 0 Å². The number of nitrogens with one attached hydrogen (secondary N) is 2.